The molecule has 0 aromatic carbocycles. The summed E-state index contributed by atoms with van der Waals surface area (Å²) in [5, 5.41) is 16.4. The number of aromatic nitrogens is 3. The Morgan fingerprint density at radius 3 is 2.94 bits per heavy atom. The predicted molar refractivity (Wildman–Crippen MR) is 61.4 cm³/mol. The van der Waals surface area contributed by atoms with Gasteiger partial charge in [-0.15, -0.1) is 0 Å². The van der Waals surface area contributed by atoms with Gasteiger partial charge in [-0.25, -0.2) is 9.67 Å². The Morgan fingerprint density at radius 1 is 1.65 bits per heavy atom. The summed E-state index contributed by atoms with van der Waals surface area (Å²) in [7, 11) is 0. The van der Waals surface area contributed by atoms with Crippen LogP contribution in [0.2, 0.25) is 0 Å². The van der Waals surface area contributed by atoms with Crippen LogP contribution < -0.4 is 5.32 Å². The summed E-state index contributed by atoms with van der Waals surface area (Å²) in [6, 6.07) is 0. The van der Waals surface area contributed by atoms with Crippen molar-refractivity contribution in [2.24, 2.45) is 0 Å². The first-order valence-corrected chi connectivity index (χ1v) is 6.03. The minimum absolute atomic E-state index is 0.465. The van der Waals surface area contributed by atoms with Gasteiger partial charge in [0.25, 0.3) is 0 Å². The summed E-state index contributed by atoms with van der Waals surface area (Å²) >= 11 is 0. The van der Waals surface area contributed by atoms with Crippen molar-refractivity contribution < 1.29 is 9.90 Å². The zero-order valence-electron chi connectivity index (χ0n) is 10.0. The van der Waals surface area contributed by atoms with Gasteiger partial charge in [0.1, 0.15) is 17.7 Å². The van der Waals surface area contributed by atoms with Gasteiger partial charge in [0, 0.05) is 6.54 Å². The molecule has 6 heteroatoms. The molecule has 0 bridgehead atoms. The SMILES string of the molecule is CCCn1ncnc1CNC1(C(=O)O)CCC1. The summed E-state index contributed by atoms with van der Waals surface area (Å²) in [5.41, 5.74) is -0.733. The standard InChI is InChI=1S/C11H18N4O2/c1-2-6-15-9(12-8-14-15)7-13-11(10(16)17)4-3-5-11/h8,13H,2-7H2,1H3,(H,16,17). The molecule has 1 aromatic rings. The molecule has 17 heavy (non-hydrogen) atoms. The van der Waals surface area contributed by atoms with Crippen molar-refractivity contribution in [3.8, 4) is 0 Å². The second kappa shape index (κ2) is 4.83. The van der Waals surface area contributed by atoms with Gasteiger partial charge in [-0.3, -0.25) is 10.1 Å². The lowest BCUT2D eigenvalue weighted by atomic mass is 9.77. The minimum atomic E-state index is -0.759. The smallest absolute Gasteiger partial charge is 0.323 e. The van der Waals surface area contributed by atoms with Gasteiger partial charge in [0.2, 0.25) is 0 Å². The van der Waals surface area contributed by atoms with E-state index in [-0.39, 0.29) is 0 Å². The maximum atomic E-state index is 11.2. The summed E-state index contributed by atoms with van der Waals surface area (Å²) in [6.45, 7) is 3.35. The number of carboxylic acids is 1. The Balaban J connectivity index is 1.97. The number of rotatable bonds is 6. The lowest BCUT2D eigenvalue weighted by Gasteiger charge is -2.38. The molecular formula is C11H18N4O2. The Bertz CT molecular complexity index is 398. The van der Waals surface area contributed by atoms with Gasteiger partial charge < -0.3 is 5.11 Å². The lowest BCUT2D eigenvalue weighted by Crippen LogP contribution is -2.56. The molecule has 0 radical (unpaired) electrons. The molecule has 1 aromatic heterocycles. The van der Waals surface area contributed by atoms with Gasteiger partial charge in [-0.05, 0) is 25.7 Å². The highest BCUT2D eigenvalue weighted by Crippen LogP contribution is 2.32. The Hall–Kier alpha value is -1.43. The van der Waals surface area contributed by atoms with Crippen molar-refractivity contribution in [1.29, 1.82) is 0 Å². The Kier molecular flexibility index (Phi) is 3.42. The fourth-order valence-corrected chi connectivity index (χ4v) is 2.07. The van der Waals surface area contributed by atoms with E-state index in [1.807, 2.05) is 4.68 Å². The van der Waals surface area contributed by atoms with E-state index in [1.165, 1.54) is 6.33 Å². The maximum absolute atomic E-state index is 11.2. The molecule has 1 aliphatic carbocycles. The second-order valence-electron chi connectivity index (χ2n) is 4.49. The first-order valence-electron chi connectivity index (χ1n) is 6.03. The van der Waals surface area contributed by atoms with Crippen molar-refractivity contribution >= 4 is 5.97 Å². The number of hydrogen-bond donors (Lipinski definition) is 2. The van der Waals surface area contributed by atoms with Crippen LogP contribution in [0.25, 0.3) is 0 Å². The largest absolute Gasteiger partial charge is 0.480 e. The van der Waals surface area contributed by atoms with E-state index in [0.717, 1.165) is 25.2 Å². The van der Waals surface area contributed by atoms with Crippen LogP contribution in [0.3, 0.4) is 0 Å². The third kappa shape index (κ3) is 2.31. The highest BCUT2D eigenvalue weighted by molar-refractivity contribution is 5.79. The summed E-state index contributed by atoms with van der Waals surface area (Å²) in [5.74, 6) is 0.0460. The van der Waals surface area contributed by atoms with E-state index in [2.05, 4.69) is 22.3 Å². The minimum Gasteiger partial charge on any atom is -0.480 e. The van der Waals surface area contributed by atoms with Crippen LogP contribution in [-0.2, 0) is 17.9 Å². The molecule has 1 heterocycles. The van der Waals surface area contributed by atoms with Crippen LogP contribution in [0.5, 0.6) is 0 Å². The average Bonchev–Trinajstić information content (AvgIpc) is 2.64. The van der Waals surface area contributed by atoms with Gasteiger partial charge in [0.15, 0.2) is 0 Å². The summed E-state index contributed by atoms with van der Waals surface area (Å²) in [4.78, 5) is 15.3. The Labute approximate surface area is 100 Å². The predicted octanol–water partition coefficient (Wildman–Crippen LogP) is 0.785. The molecule has 2 rings (SSSR count). The van der Waals surface area contributed by atoms with Crippen molar-refractivity contribution in [3.63, 3.8) is 0 Å². The number of hydrogen-bond acceptors (Lipinski definition) is 4. The average molecular weight is 238 g/mol. The third-order valence-electron chi connectivity index (χ3n) is 3.33. The molecule has 0 saturated heterocycles. The number of aliphatic carboxylic acids is 1. The molecule has 0 atom stereocenters. The van der Waals surface area contributed by atoms with Gasteiger partial charge in [0.05, 0.1) is 6.54 Å². The van der Waals surface area contributed by atoms with E-state index in [0.29, 0.717) is 19.4 Å². The maximum Gasteiger partial charge on any atom is 0.323 e. The number of nitrogens with zero attached hydrogens (tertiary/aromatic N) is 3. The van der Waals surface area contributed by atoms with E-state index in [9.17, 15) is 9.90 Å². The van der Waals surface area contributed by atoms with Crippen LogP contribution in [0, 0.1) is 0 Å². The molecule has 94 valence electrons. The van der Waals surface area contributed by atoms with Crippen LogP contribution >= 0.6 is 0 Å². The molecule has 0 unspecified atom stereocenters. The lowest BCUT2D eigenvalue weighted by molar-refractivity contribution is -0.148. The number of nitrogens with one attached hydrogen (secondary N) is 1. The number of aryl methyl sites for hydroxylation is 1. The molecule has 1 fully saturated rings. The topological polar surface area (TPSA) is 80.0 Å². The Morgan fingerprint density at radius 2 is 2.41 bits per heavy atom. The van der Waals surface area contributed by atoms with E-state index in [1.54, 1.807) is 0 Å². The molecule has 0 aliphatic heterocycles. The molecule has 0 amide bonds. The van der Waals surface area contributed by atoms with Crippen molar-refractivity contribution in [2.75, 3.05) is 0 Å². The van der Waals surface area contributed by atoms with Crippen LogP contribution in [-0.4, -0.2) is 31.4 Å². The molecule has 1 aliphatic rings. The van der Waals surface area contributed by atoms with Crippen molar-refractivity contribution in [1.82, 2.24) is 20.1 Å². The summed E-state index contributed by atoms with van der Waals surface area (Å²) in [6.07, 6.45) is 4.87. The quantitative estimate of drug-likeness (QED) is 0.765. The van der Waals surface area contributed by atoms with E-state index < -0.39 is 11.5 Å². The molecule has 0 spiro atoms. The number of carboxylic acid groups (broad SMARTS) is 1. The van der Waals surface area contributed by atoms with Crippen LogP contribution in [0.4, 0.5) is 0 Å². The van der Waals surface area contributed by atoms with Crippen LogP contribution in [0.1, 0.15) is 38.4 Å². The van der Waals surface area contributed by atoms with Crippen molar-refractivity contribution in [2.45, 2.75) is 51.2 Å². The van der Waals surface area contributed by atoms with Crippen LogP contribution in [0.15, 0.2) is 6.33 Å². The normalized spacial score (nSPS) is 17.7. The first kappa shape index (κ1) is 12.0. The highest BCUT2D eigenvalue weighted by atomic mass is 16.4. The van der Waals surface area contributed by atoms with E-state index in [4.69, 9.17) is 0 Å². The highest BCUT2D eigenvalue weighted by Gasteiger charge is 2.44. The monoisotopic (exact) mass is 238 g/mol. The molecule has 6 nitrogen and oxygen atoms in total. The fraction of sp³-hybridized carbons (Fsp3) is 0.727. The molecular weight excluding hydrogens is 220 g/mol. The molecule has 2 N–H and O–H groups in total. The molecule has 1 saturated carbocycles. The zero-order chi connectivity index (χ0) is 12.3. The zero-order valence-corrected chi connectivity index (χ0v) is 10.0. The van der Waals surface area contributed by atoms with Crippen molar-refractivity contribution in [3.05, 3.63) is 12.2 Å². The fourth-order valence-electron chi connectivity index (χ4n) is 2.07. The van der Waals surface area contributed by atoms with E-state index >= 15 is 0 Å². The third-order valence-corrected chi connectivity index (χ3v) is 3.33. The van der Waals surface area contributed by atoms with Gasteiger partial charge in [-0.2, -0.15) is 5.10 Å². The van der Waals surface area contributed by atoms with Gasteiger partial charge in [-0.1, -0.05) is 6.92 Å². The summed E-state index contributed by atoms with van der Waals surface area (Å²) < 4.78 is 1.82. The second-order valence-corrected chi connectivity index (χ2v) is 4.49. The first-order chi connectivity index (χ1) is 8.18. The van der Waals surface area contributed by atoms with Gasteiger partial charge >= 0.3 is 5.97 Å². The number of carbonyl (C=O) groups is 1.